The van der Waals surface area contributed by atoms with E-state index in [1.54, 1.807) is 6.07 Å². The maximum Gasteiger partial charge on any atom is 0.511 e. The van der Waals surface area contributed by atoms with Crippen LogP contribution in [0.25, 0.3) is 22.6 Å². The van der Waals surface area contributed by atoms with Gasteiger partial charge in [-0.2, -0.15) is 0 Å². The van der Waals surface area contributed by atoms with Crippen molar-refractivity contribution < 1.29 is 19.1 Å². The van der Waals surface area contributed by atoms with Crippen molar-refractivity contribution >= 4 is 17.3 Å². The van der Waals surface area contributed by atoms with E-state index in [1.165, 1.54) is 12.1 Å². The highest BCUT2D eigenvalue weighted by Gasteiger charge is 2.20. The molecule has 1 aromatic carbocycles. The highest BCUT2D eigenvalue weighted by molar-refractivity contribution is 5.81. The standard InChI is InChI=1S/C14H9NO5/c1-7-3-2-4-8-11(7)19-12-9(15-8)5-6-10(16)13(12)20-14(17)18/h2-6H,1H3,(H,17,18). The van der Waals surface area contributed by atoms with Crippen molar-refractivity contribution in [1.29, 1.82) is 0 Å². The molecule has 6 heteroatoms. The zero-order valence-corrected chi connectivity index (χ0v) is 10.4. The van der Waals surface area contributed by atoms with Crippen LogP contribution in [0.1, 0.15) is 5.56 Å². The van der Waals surface area contributed by atoms with E-state index in [1.807, 2.05) is 19.1 Å². The Kier molecular flexibility index (Phi) is 2.64. The molecule has 100 valence electrons. The molecule has 1 N–H and O–H groups in total. The van der Waals surface area contributed by atoms with Crippen molar-refractivity contribution in [3.63, 3.8) is 0 Å². The largest absolute Gasteiger partial charge is 0.511 e. The van der Waals surface area contributed by atoms with Gasteiger partial charge in [-0.15, -0.1) is 0 Å². The summed E-state index contributed by atoms with van der Waals surface area (Å²) in [6, 6.07) is 8.11. The van der Waals surface area contributed by atoms with Crippen molar-refractivity contribution in [3.05, 3.63) is 46.1 Å². The minimum absolute atomic E-state index is 0.0294. The molecule has 0 saturated heterocycles. The van der Waals surface area contributed by atoms with Crippen LogP contribution in [0, 0.1) is 6.92 Å². The third-order valence-electron chi connectivity index (χ3n) is 2.88. The molecule has 0 radical (unpaired) electrons. The third-order valence-corrected chi connectivity index (χ3v) is 2.88. The molecule has 1 aliphatic carbocycles. The molecule has 1 aromatic rings. The van der Waals surface area contributed by atoms with E-state index < -0.39 is 11.6 Å². The van der Waals surface area contributed by atoms with Crippen LogP contribution in [-0.2, 0) is 0 Å². The van der Waals surface area contributed by atoms with E-state index in [0.29, 0.717) is 16.8 Å². The monoisotopic (exact) mass is 271 g/mol. The lowest BCUT2D eigenvalue weighted by Crippen LogP contribution is -2.13. The van der Waals surface area contributed by atoms with Gasteiger partial charge >= 0.3 is 6.16 Å². The lowest BCUT2D eigenvalue weighted by atomic mass is 10.1. The van der Waals surface area contributed by atoms with Crippen LogP contribution in [0.5, 0.6) is 5.75 Å². The molecule has 0 aromatic heterocycles. The Balaban J connectivity index is 2.40. The fourth-order valence-electron chi connectivity index (χ4n) is 1.99. The number of fused-ring (bicyclic) bond motifs is 2. The number of para-hydroxylation sites is 1. The number of rotatable bonds is 1. The zero-order valence-electron chi connectivity index (χ0n) is 10.4. The Labute approximate surface area is 112 Å². The van der Waals surface area contributed by atoms with E-state index in [-0.39, 0.29) is 11.5 Å². The predicted molar refractivity (Wildman–Crippen MR) is 70.3 cm³/mol. The molecule has 0 unspecified atom stereocenters. The van der Waals surface area contributed by atoms with E-state index in [4.69, 9.17) is 9.52 Å². The lowest BCUT2D eigenvalue weighted by Gasteiger charge is -2.10. The van der Waals surface area contributed by atoms with Gasteiger partial charge in [0.05, 0.1) is 0 Å². The van der Waals surface area contributed by atoms with E-state index >= 15 is 0 Å². The summed E-state index contributed by atoms with van der Waals surface area (Å²) in [5.41, 5.74) is 1.73. The number of carbonyl (C=O) groups is 1. The van der Waals surface area contributed by atoms with Gasteiger partial charge in [-0.1, -0.05) is 12.1 Å². The van der Waals surface area contributed by atoms with Crippen molar-refractivity contribution in [1.82, 2.24) is 4.98 Å². The molecule has 1 aliphatic heterocycles. The molecule has 2 aliphatic rings. The van der Waals surface area contributed by atoms with Crippen LogP contribution in [0.15, 0.2) is 39.5 Å². The number of benzene rings is 2. The first-order valence-electron chi connectivity index (χ1n) is 5.80. The van der Waals surface area contributed by atoms with Crippen LogP contribution in [0.2, 0.25) is 0 Å². The average Bonchev–Trinajstić information content (AvgIpc) is 2.41. The van der Waals surface area contributed by atoms with Crippen molar-refractivity contribution in [3.8, 4) is 17.2 Å². The number of aromatic nitrogens is 1. The predicted octanol–water partition coefficient (Wildman–Crippen LogP) is 2.66. The molecule has 0 atom stereocenters. The maximum absolute atomic E-state index is 11.7. The summed E-state index contributed by atoms with van der Waals surface area (Å²) in [5, 5.41) is 8.70. The smallest absolute Gasteiger partial charge is 0.449 e. The molecule has 0 spiro atoms. The van der Waals surface area contributed by atoms with Gasteiger partial charge in [-0.05, 0) is 30.7 Å². The Morgan fingerprint density at radius 1 is 1.30 bits per heavy atom. The molecule has 0 saturated carbocycles. The Bertz CT molecular complexity index is 852. The van der Waals surface area contributed by atoms with Crippen molar-refractivity contribution in [2.75, 3.05) is 0 Å². The second-order valence-corrected chi connectivity index (χ2v) is 4.25. The van der Waals surface area contributed by atoms with Gasteiger partial charge in [-0.25, -0.2) is 9.78 Å². The lowest BCUT2D eigenvalue weighted by molar-refractivity contribution is 0.143. The SMILES string of the molecule is Cc1cccc2nc3ccc(=O)c(OC(=O)O)c-3oc12. The maximum atomic E-state index is 11.7. The molecule has 0 bridgehead atoms. The number of nitrogens with zero attached hydrogens (tertiary/aromatic N) is 1. The summed E-state index contributed by atoms with van der Waals surface area (Å²) in [6.07, 6.45) is -1.57. The molecule has 6 nitrogen and oxygen atoms in total. The topological polar surface area (TPSA) is 89.6 Å². The fourth-order valence-corrected chi connectivity index (χ4v) is 1.99. The number of carboxylic acid groups (broad SMARTS) is 1. The van der Waals surface area contributed by atoms with Gasteiger partial charge in [0.15, 0.2) is 11.3 Å². The third kappa shape index (κ3) is 1.87. The Morgan fingerprint density at radius 2 is 2.10 bits per heavy atom. The number of ether oxygens (including phenoxy) is 1. The number of aryl methyl sites for hydroxylation is 1. The van der Waals surface area contributed by atoms with Crippen LogP contribution >= 0.6 is 0 Å². The summed E-state index contributed by atoms with van der Waals surface area (Å²) in [5.74, 6) is -0.339. The van der Waals surface area contributed by atoms with Gasteiger partial charge in [0.25, 0.3) is 0 Å². The summed E-state index contributed by atoms with van der Waals surface area (Å²) in [6.45, 7) is 1.83. The number of hydrogen-bond donors (Lipinski definition) is 1. The molecular formula is C14H9NO5. The normalized spacial score (nSPS) is 10.8. The van der Waals surface area contributed by atoms with Crippen molar-refractivity contribution in [2.45, 2.75) is 6.92 Å². The van der Waals surface area contributed by atoms with Crippen LogP contribution in [0.3, 0.4) is 0 Å². The van der Waals surface area contributed by atoms with E-state index in [0.717, 1.165) is 5.56 Å². The molecule has 0 amide bonds. The minimum atomic E-state index is -1.57. The highest BCUT2D eigenvalue weighted by atomic mass is 16.7. The van der Waals surface area contributed by atoms with E-state index in [2.05, 4.69) is 9.72 Å². The molecule has 0 fully saturated rings. The Morgan fingerprint density at radius 3 is 2.85 bits per heavy atom. The first-order valence-corrected chi connectivity index (χ1v) is 5.80. The summed E-state index contributed by atoms with van der Waals surface area (Å²) in [7, 11) is 0. The van der Waals surface area contributed by atoms with Crippen LogP contribution in [-0.4, -0.2) is 16.2 Å². The van der Waals surface area contributed by atoms with Gasteiger partial charge in [0, 0.05) is 0 Å². The summed E-state index contributed by atoms with van der Waals surface area (Å²) >= 11 is 0. The summed E-state index contributed by atoms with van der Waals surface area (Å²) in [4.78, 5) is 26.7. The Hall–Kier alpha value is -2.89. The van der Waals surface area contributed by atoms with Crippen molar-refractivity contribution in [2.24, 2.45) is 0 Å². The van der Waals surface area contributed by atoms with Gasteiger partial charge in [-0.3, -0.25) is 4.79 Å². The molecule has 3 rings (SSSR count). The van der Waals surface area contributed by atoms with E-state index in [9.17, 15) is 9.59 Å². The van der Waals surface area contributed by atoms with Gasteiger partial charge in [0.2, 0.25) is 11.2 Å². The fraction of sp³-hybridized carbons (Fsp3) is 0.0714. The zero-order chi connectivity index (χ0) is 14.3. The quantitative estimate of drug-likeness (QED) is 0.415. The second-order valence-electron chi connectivity index (χ2n) is 4.25. The first kappa shape index (κ1) is 12.2. The summed E-state index contributed by atoms with van der Waals surface area (Å²) < 4.78 is 10.2. The van der Waals surface area contributed by atoms with Crippen LogP contribution in [0.4, 0.5) is 4.79 Å². The van der Waals surface area contributed by atoms with Gasteiger partial charge < -0.3 is 14.3 Å². The molecular weight excluding hydrogens is 262 g/mol. The highest BCUT2D eigenvalue weighted by Crippen LogP contribution is 2.31. The average molecular weight is 271 g/mol. The number of hydrogen-bond acceptors (Lipinski definition) is 5. The van der Waals surface area contributed by atoms with Gasteiger partial charge in [0.1, 0.15) is 11.2 Å². The molecule has 20 heavy (non-hydrogen) atoms. The van der Waals surface area contributed by atoms with Crippen LogP contribution < -0.4 is 10.2 Å². The first-order chi connectivity index (χ1) is 9.56. The molecule has 1 heterocycles. The second kappa shape index (κ2) is 4.34. The minimum Gasteiger partial charge on any atom is -0.449 e.